The van der Waals surface area contributed by atoms with Crippen molar-refractivity contribution in [3.05, 3.63) is 36.7 Å². The van der Waals surface area contributed by atoms with Crippen molar-refractivity contribution in [3.8, 4) is 16.9 Å². The number of aromatic nitrogens is 2. The Morgan fingerprint density at radius 2 is 2.39 bits per heavy atom. The number of hydrogen-bond acceptors (Lipinski definition) is 3. The molecule has 0 saturated carbocycles. The summed E-state index contributed by atoms with van der Waals surface area (Å²) in [7, 11) is 0. The van der Waals surface area contributed by atoms with Gasteiger partial charge in [-0.3, -0.25) is 5.10 Å². The van der Waals surface area contributed by atoms with Crippen LogP contribution in [0.25, 0.3) is 11.1 Å². The average molecular weight is 242 g/mol. The van der Waals surface area contributed by atoms with E-state index in [2.05, 4.69) is 21.6 Å². The highest BCUT2D eigenvalue weighted by molar-refractivity contribution is 5.63. The zero-order chi connectivity index (χ0) is 12.2. The first-order valence-corrected chi connectivity index (χ1v) is 6.30. The predicted octanol–water partition coefficient (Wildman–Crippen LogP) is 2.01. The topological polar surface area (TPSA) is 49.9 Å². The third-order valence-corrected chi connectivity index (χ3v) is 3.15. The van der Waals surface area contributed by atoms with Crippen molar-refractivity contribution in [1.82, 2.24) is 15.5 Å². The van der Waals surface area contributed by atoms with Crippen LogP contribution in [0.4, 0.5) is 0 Å². The van der Waals surface area contributed by atoms with Gasteiger partial charge in [-0.05, 0) is 37.1 Å². The van der Waals surface area contributed by atoms with Crippen LogP contribution in [-0.2, 0) is 0 Å². The number of piperidine rings is 1. The molecule has 0 amide bonds. The van der Waals surface area contributed by atoms with E-state index in [1.807, 2.05) is 24.4 Å². The van der Waals surface area contributed by atoms with E-state index in [1.165, 1.54) is 6.42 Å². The summed E-state index contributed by atoms with van der Waals surface area (Å²) in [6.45, 7) is 2.02. The zero-order valence-electron chi connectivity index (χ0n) is 10.1. The van der Waals surface area contributed by atoms with Crippen LogP contribution in [0.2, 0.25) is 0 Å². The van der Waals surface area contributed by atoms with Crippen LogP contribution < -0.4 is 10.1 Å². The van der Waals surface area contributed by atoms with Gasteiger partial charge < -0.3 is 10.1 Å². The molecular weight excluding hydrogens is 226 g/mol. The number of nitrogens with zero attached hydrogens (tertiary/aromatic N) is 1. The molecule has 4 heteroatoms. The highest BCUT2D eigenvalue weighted by Gasteiger charge is 2.14. The molecule has 1 fully saturated rings. The van der Waals surface area contributed by atoms with Gasteiger partial charge in [0, 0.05) is 24.4 Å². The maximum atomic E-state index is 5.95. The molecule has 2 aromatic rings. The lowest BCUT2D eigenvalue weighted by atomic mass is 10.1. The Bertz CT molecular complexity index is 490. The molecule has 1 atom stereocenters. The maximum Gasteiger partial charge on any atom is 0.128 e. The number of benzene rings is 1. The van der Waals surface area contributed by atoms with E-state index in [-0.39, 0.29) is 6.10 Å². The van der Waals surface area contributed by atoms with Gasteiger partial charge in [0.05, 0.1) is 6.20 Å². The normalized spacial score (nSPS) is 19.7. The molecule has 93 valence electrons. The number of rotatable bonds is 3. The highest BCUT2D eigenvalue weighted by Crippen LogP contribution is 2.23. The molecule has 1 aromatic heterocycles. The molecule has 0 bridgehead atoms. The van der Waals surface area contributed by atoms with Gasteiger partial charge in [-0.15, -0.1) is 0 Å². The van der Waals surface area contributed by atoms with E-state index in [4.69, 9.17) is 4.74 Å². The quantitative estimate of drug-likeness (QED) is 0.865. The molecule has 2 N–H and O–H groups in total. The summed E-state index contributed by atoms with van der Waals surface area (Å²) in [6.07, 6.45) is 6.22. The third kappa shape index (κ3) is 2.54. The number of H-pyrrole nitrogens is 1. The molecule has 1 saturated heterocycles. The van der Waals surface area contributed by atoms with Gasteiger partial charge in [0.2, 0.25) is 0 Å². The van der Waals surface area contributed by atoms with Gasteiger partial charge in [-0.25, -0.2) is 0 Å². The van der Waals surface area contributed by atoms with E-state index < -0.39 is 0 Å². The first-order valence-electron chi connectivity index (χ1n) is 6.30. The summed E-state index contributed by atoms with van der Waals surface area (Å²) in [6, 6.07) is 9.06. The molecule has 1 aromatic carbocycles. The molecule has 1 radical (unpaired) electrons. The Morgan fingerprint density at radius 3 is 3.17 bits per heavy atom. The van der Waals surface area contributed by atoms with Crippen LogP contribution in [0.15, 0.2) is 30.6 Å². The fraction of sp³-hybridized carbons (Fsp3) is 0.357. The standard InChI is InChI=1S/C14H16N3O/c1-3-11(12-8-16-17-9-12)7-13(4-1)18-14-5-2-6-15-10-14/h1,3,7-9,14-15H,2,5-6,10H2,(H,16,17). The van der Waals surface area contributed by atoms with Gasteiger partial charge in [0.15, 0.2) is 0 Å². The van der Waals surface area contributed by atoms with E-state index in [9.17, 15) is 0 Å². The summed E-state index contributed by atoms with van der Waals surface area (Å²) in [5.41, 5.74) is 2.16. The highest BCUT2D eigenvalue weighted by atomic mass is 16.5. The molecule has 2 heterocycles. The van der Waals surface area contributed by atoms with Gasteiger partial charge in [-0.2, -0.15) is 5.10 Å². The second-order valence-electron chi connectivity index (χ2n) is 4.51. The molecule has 1 unspecified atom stereocenters. The van der Waals surface area contributed by atoms with Crippen LogP contribution in [-0.4, -0.2) is 29.4 Å². The van der Waals surface area contributed by atoms with Crippen molar-refractivity contribution >= 4 is 0 Å². The molecular formula is C14H16N3O. The van der Waals surface area contributed by atoms with Crippen molar-refractivity contribution in [2.75, 3.05) is 13.1 Å². The van der Waals surface area contributed by atoms with Crippen molar-refractivity contribution in [2.45, 2.75) is 18.9 Å². The Morgan fingerprint density at radius 1 is 1.39 bits per heavy atom. The first-order chi connectivity index (χ1) is 8.92. The van der Waals surface area contributed by atoms with E-state index >= 15 is 0 Å². The third-order valence-electron chi connectivity index (χ3n) is 3.15. The monoisotopic (exact) mass is 242 g/mol. The minimum Gasteiger partial charge on any atom is -0.488 e. The van der Waals surface area contributed by atoms with Crippen molar-refractivity contribution in [2.24, 2.45) is 0 Å². The lowest BCUT2D eigenvalue weighted by Gasteiger charge is -2.23. The first kappa shape index (κ1) is 11.3. The number of ether oxygens (including phenoxy) is 1. The largest absolute Gasteiger partial charge is 0.488 e. The Balaban J connectivity index is 1.74. The Hall–Kier alpha value is -1.81. The second-order valence-corrected chi connectivity index (χ2v) is 4.51. The summed E-state index contributed by atoms with van der Waals surface area (Å²) in [5.74, 6) is 0.808. The van der Waals surface area contributed by atoms with Gasteiger partial charge in [0.25, 0.3) is 0 Å². The molecule has 0 spiro atoms. The average Bonchev–Trinajstić information content (AvgIpc) is 2.94. The van der Waals surface area contributed by atoms with Crippen molar-refractivity contribution < 1.29 is 4.74 Å². The summed E-state index contributed by atoms with van der Waals surface area (Å²) >= 11 is 0. The van der Waals surface area contributed by atoms with E-state index in [0.29, 0.717) is 0 Å². The van der Waals surface area contributed by atoms with Crippen LogP contribution in [0.1, 0.15) is 12.8 Å². The zero-order valence-corrected chi connectivity index (χ0v) is 10.1. The minimum atomic E-state index is 0.259. The maximum absolute atomic E-state index is 5.95. The van der Waals surface area contributed by atoms with E-state index in [0.717, 1.165) is 36.4 Å². The molecule has 0 aliphatic carbocycles. The SMILES string of the molecule is [c]1ccc(-c2cn[nH]c2)cc1OC1CCCNC1. The smallest absolute Gasteiger partial charge is 0.128 e. The van der Waals surface area contributed by atoms with Gasteiger partial charge in [0.1, 0.15) is 11.9 Å². The van der Waals surface area contributed by atoms with Crippen molar-refractivity contribution in [3.63, 3.8) is 0 Å². The van der Waals surface area contributed by atoms with E-state index in [1.54, 1.807) is 6.20 Å². The molecule has 1 aliphatic heterocycles. The summed E-state index contributed by atoms with van der Waals surface area (Å²) < 4.78 is 5.95. The van der Waals surface area contributed by atoms with Crippen LogP contribution in [0, 0.1) is 6.07 Å². The summed E-state index contributed by atoms with van der Waals surface area (Å²) in [5, 5.41) is 10.1. The van der Waals surface area contributed by atoms with Crippen molar-refractivity contribution in [1.29, 1.82) is 0 Å². The number of nitrogens with one attached hydrogen (secondary N) is 2. The Labute approximate surface area is 106 Å². The fourth-order valence-electron chi connectivity index (χ4n) is 2.20. The van der Waals surface area contributed by atoms with Gasteiger partial charge in [-0.1, -0.05) is 6.07 Å². The number of hydrogen-bond donors (Lipinski definition) is 2. The molecule has 1 aliphatic rings. The Kier molecular flexibility index (Phi) is 3.28. The minimum absolute atomic E-state index is 0.259. The molecule has 3 rings (SSSR count). The van der Waals surface area contributed by atoms with Crippen LogP contribution in [0.5, 0.6) is 5.75 Å². The molecule has 18 heavy (non-hydrogen) atoms. The molecule has 4 nitrogen and oxygen atoms in total. The second kappa shape index (κ2) is 5.23. The lowest BCUT2D eigenvalue weighted by molar-refractivity contribution is 0.167. The summed E-state index contributed by atoms with van der Waals surface area (Å²) in [4.78, 5) is 0. The number of aromatic amines is 1. The van der Waals surface area contributed by atoms with Gasteiger partial charge >= 0.3 is 0 Å². The van der Waals surface area contributed by atoms with Crippen LogP contribution in [0.3, 0.4) is 0 Å². The van der Waals surface area contributed by atoms with Crippen LogP contribution >= 0.6 is 0 Å². The fourth-order valence-corrected chi connectivity index (χ4v) is 2.20. The predicted molar refractivity (Wildman–Crippen MR) is 69.4 cm³/mol. The lowest BCUT2D eigenvalue weighted by Crippen LogP contribution is -2.37.